The monoisotopic (exact) mass is 1770 g/mol. The van der Waals surface area contributed by atoms with Gasteiger partial charge >= 0.3 is 0 Å². The van der Waals surface area contributed by atoms with Gasteiger partial charge in [0.15, 0.2) is 0 Å². The molecule has 4 nitrogen and oxygen atoms in total. The first-order valence-corrected chi connectivity index (χ1v) is 48.9. The molecule has 0 amide bonds. The van der Waals surface area contributed by atoms with Crippen molar-refractivity contribution in [3.05, 3.63) is 540 Å². The Kier molecular flexibility index (Phi) is 17.6. The minimum atomic E-state index is -0.564. The maximum absolute atomic E-state index is 2.60. The van der Waals surface area contributed by atoms with Crippen LogP contribution in [-0.2, 0) is 21.7 Å². The number of rotatable bonds is 14. The molecule has 28 rings (SSSR count). The van der Waals surface area contributed by atoms with Crippen molar-refractivity contribution >= 4 is 77.7 Å². The molecule has 0 bridgehead atoms. The highest BCUT2D eigenvalue weighted by molar-refractivity contribution is 6.14. The first-order valence-electron chi connectivity index (χ1n) is 48.9. The molecular weight excluding hydrogens is 1680 g/mol. The number of aromatic nitrogens is 2. The summed E-state index contributed by atoms with van der Waals surface area (Å²) < 4.78 is 4.95. The van der Waals surface area contributed by atoms with Crippen LogP contribution in [0.4, 0.5) is 34.1 Å². The number of nitrogens with zero attached hydrogens (tertiary/aromatic N) is 4. The van der Waals surface area contributed by atoms with Crippen LogP contribution in [0, 0.1) is 0 Å². The zero-order chi connectivity index (χ0) is 92.3. The first-order chi connectivity index (χ1) is 68.4. The van der Waals surface area contributed by atoms with E-state index in [-0.39, 0.29) is 10.8 Å². The second kappa shape index (κ2) is 30.4. The molecule has 2 aromatic heterocycles. The van der Waals surface area contributed by atoms with Crippen molar-refractivity contribution < 1.29 is 0 Å². The molecular formula is C135H94N4. The smallest absolute Gasteiger partial charge is 0.0726 e. The van der Waals surface area contributed by atoms with Crippen LogP contribution < -0.4 is 9.80 Å². The van der Waals surface area contributed by atoms with Crippen LogP contribution in [0.1, 0.15) is 95.8 Å². The maximum Gasteiger partial charge on any atom is 0.0726 e. The van der Waals surface area contributed by atoms with Crippen LogP contribution in [0.25, 0.3) is 166 Å². The van der Waals surface area contributed by atoms with Crippen LogP contribution >= 0.6 is 0 Å². The van der Waals surface area contributed by atoms with E-state index in [0.29, 0.717) is 0 Å². The molecule has 2 heterocycles. The van der Waals surface area contributed by atoms with Crippen LogP contribution in [0.15, 0.2) is 479 Å². The Labute approximate surface area is 810 Å². The molecule has 5 aliphatic carbocycles. The summed E-state index contributed by atoms with van der Waals surface area (Å²) in [6, 6.07) is 182. The summed E-state index contributed by atoms with van der Waals surface area (Å²) in [6.45, 7) is 12.0. The van der Waals surface area contributed by atoms with Gasteiger partial charge in [0.05, 0.1) is 50.2 Å². The molecule has 23 aromatic rings. The number of benzene rings is 21. The Morgan fingerprint density at radius 1 is 0.180 bits per heavy atom. The molecule has 21 aromatic carbocycles. The Morgan fingerprint density at radius 2 is 0.525 bits per heavy atom. The zero-order valence-electron chi connectivity index (χ0n) is 77.9. The number of hydrogen-bond acceptors (Lipinski definition) is 2. The summed E-state index contributed by atoms with van der Waals surface area (Å²) in [5, 5.41) is 4.84. The molecule has 1 spiro atoms. The second-order valence-electron chi connectivity index (χ2n) is 39.7. The fraction of sp³-hybridized carbons (Fsp3) is 0.0667. The lowest BCUT2D eigenvalue weighted by Crippen LogP contribution is -2.26. The molecule has 4 heteroatoms. The average Bonchev–Trinajstić information content (AvgIpc) is 1.50. The summed E-state index contributed by atoms with van der Waals surface area (Å²) in [6.07, 6.45) is 0. The fourth-order valence-corrected chi connectivity index (χ4v) is 25.8. The average molecular weight is 1770 g/mol. The van der Waals surface area contributed by atoms with Crippen LogP contribution in [0.3, 0.4) is 0 Å². The molecule has 1 atom stereocenters. The number of anilines is 6. The summed E-state index contributed by atoms with van der Waals surface area (Å²) in [5.41, 5.74) is 50.5. The number of para-hydroxylation sites is 7. The Hall–Kier alpha value is -17.2. The topological polar surface area (TPSA) is 16.3 Å². The van der Waals surface area contributed by atoms with E-state index in [1.54, 1.807) is 0 Å². The predicted octanol–water partition coefficient (Wildman–Crippen LogP) is 35.4. The van der Waals surface area contributed by atoms with Crippen molar-refractivity contribution in [3.8, 4) is 123 Å². The molecule has 5 aliphatic rings. The molecule has 139 heavy (non-hydrogen) atoms. The SMILES string of the molecule is CC1(C)c2ccccc2-c2c(-c3ccccc3N(c3ccc4c(c3)-c3ccccc3C4(C)c3cccc(-c4cccc(-n5c6ccccc6c6ccc(-c7ccccc7N(c7ccc8c(c7)C7(c9ccccc9-c9ccccc97)c7ccccc7-8)c7ccccc7-c7cccc8c7-c7ccccc7C8(C)C)cc65)c4)c3)c3ccccc3-c3ccc4c5ccccc5n(-c5ccccc5)c4c3)cccc21. The largest absolute Gasteiger partial charge is 0.309 e. The number of hydrogen-bond donors (Lipinski definition) is 0. The lowest BCUT2D eigenvalue weighted by atomic mass is 9.70. The van der Waals surface area contributed by atoms with E-state index in [4.69, 9.17) is 0 Å². The van der Waals surface area contributed by atoms with Crippen molar-refractivity contribution in [1.82, 2.24) is 9.13 Å². The minimum absolute atomic E-state index is 0.189. The lowest BCUT2D eigenvalue weighted by molar-refractivity contribution is 0.660. The molecule has 654 valence electrons. The van der Waals surface area contributed by atoms with Gasteiger partial charge in [-0.2, -0.15) is 0 Å². The molecule has 0 saturated carbocycles. The summed E-state index contributed by atoms with van der Waals surface area (Å²) in [5.74, 6) is 0. The van der Waals surface area contributed by atoms with Crippen molar-refractivity contribution in [2.24, 2.45) is 0 Å². The van der Waals surface area contributed by atoms with Gasteiger partial charge < -0.3 is 18.9 Å². The third-order valence-electron chi connectivity index (χ3n) is 32.0. The molecule has 0 radical (unpaired) electrons. The summed E-state index contributed by atoms with van der Waals surface area (Å²) >= 11 is 0. The second-order valence-corrected chi connectivity index (χ2v) is 39.7. The van der Waals surface area contributed by atoms with Gasteiger partial charge in [-0.3, -0.25) is 0 Å². The van der Waals surface area contributed by atoms with E-state index in [1.165, 1.54) is 155 Å². The van der Waals surface area contributed by atoms with Crippen molar-refractivity contribution in [1.29, 1.82) is 0 Å². The van der Waals surface area contributed by atoms with Gasteiger partial charge in [0, 0.05) is 82.8 Å². The van der Waals surface area contributed by atoms with Crippen molar-refractivity contribution in [2.45, 2.75) is 56.3 Å². The zero-order valence-corrected chi connectivity index (χ0v) is 77.9. The van der Waals surface area contributed by atoms with Gasteiger partial charge in [-0.1, -0.05) is 404 Å². The standard InChI is InChI=1S/C135H94N4/c1-132(2)112-57-21-13-53-109(112)130-107(55-35-63-119(130)132)103-51-19-31-69-126(103)137(122-65-27-15-43-94(122)87-71-75-105-101-49-17-29-67-124(101)136(128(105)81-87)90-40-7-6-8-41-90)92-74-78-115-111(83-92)99-48-9-23-59-114(99)134(115,5)89-39-33-37-85(79-89)86-38-34-42-91(80-86)139-125-68-30-18-50-102(125)106-76-72-88(82-129(106)139)95-44-16-28-66-123(95)138(127-70-32-20-52-104(127)108-56-36-64-120-131(108)110-54-14-22-58-113(110)133(120,3)4)93-73-77-100-98-47-12-26-62-118(98)135(121(100)84-93)116-60-24-10-45-96(116)97-46-11-25-61-117(97)135/h6-84H,1-5H3. The highest BCUT2D eigenvalue weighted by atomic mass is 15.2. The molecule has 0 aliphatic heterocycles. The molecule has 1 unspecified atom stereocenters. The van der Waals surface area contributed by atoms with Gasteiger partial charge in [0.2, 0.25) is 0 Å². The maximum atomic E-state index is 2.60. The Morgan fingerprint density at radius 3 is 1.04 bits per heavy atom. The fourth-order valence-electron chi connectivity index (χ4n) is 25.8. The Balaban J connectivity index is 0.581. The van der Waals surface area contributed by atoms with Crippen molar-refractivity contribution in [3.63, 3.8) is 0 Å². The van der Waals surface area contributed by atoms with Gasteiger partial charge in [-0.15, -0.1) is 0 Å². The van der Waals surface area contributed by atoms with E-state index in [1.807, 2.05) is 0 Å². The van der Waals surface area contributed by atoms with E-state index in [0.717, 1.165) is 107 Å². The first kappa shape index (κ1) is 80.3. The highest BCUT2D eigenvalue weighted by Gasteiger charge is 2.52. The van der Waals surface area contributed by atoms with Crippen LogP contribution in [-0.4, -0.2) is 9.13 Å². The molecule has 0 fully saturated rings. The summed E-state index contributed by atoms with van der Waals surface area (Å²) in [7, 11) is 0. The normalized spacial score (nSPS) is 14.7. The Bertz CT molecular complexity index is 9080. The van der Waals surface area contributed by atoms with Gasteiger partial charge in [-0.05, 0) is 260 Å². The van der Waals surface area contributed by atoms with Crippen LogP contribution in [0.5, 0.6) is 0 Å². The van der Waals surface area contributed by atoms with Gasteiger partial charge in [0.25, 0.3) is 0 Å². The third-order valence-corrected chi connectivity index (χ3v) is 32.0. The minimum Gasteiger partial charge on any atom is -0.309 e. The van der Waals surface area contributed by atoms with E-state index >= 15 is 0 Å². The predicted molar refractivity (Wildman–Crippen MR) is 581 cm³/mol. The summed E-state index contributed by atoms with van der Waals surface area (Å²) in [4.78, 5) is 5.16. The van der Waals surface area contributed by atoms with Gasteiger partial charge in [-0.25, -0.2) is 0 Å². The van der Waals surface area contributed by atoms with E-state index in [9.17, 15) is 0 Å². The van der Waals surface area contributed by atoms with Crippen LogP contribution in [0.2, 0.25) is 0 Å². The number of fused-ring (bicyclic) bond motifs is 25. The highest BCUT2D eigenvalue weighted by Crippen LogP contribution is 2.66. The lowest BCUT2D eigenvalue weighted by Gasteiger charge is -2.33. The van der Waals surface area contributed by atoms with Gasteiger partial charge in [0.1, 0.15) is 0 Å². The third kappa shape index (κ3) is 11.5. The molecule has 0 N–H and O–H groups in total. The van der Waals surface area contributed by atoms with Crippen molar-refractivity contribution in [2.75, 3.05) is 9.80 Å². The molecule has 0 saturated heterocycles. The van der Waals surface area contributed by atoms with E-state index < -0.39 is 10.8 Å². The van der Waals surface area contributed by atoms with E-state index in [2.05, 4.69) is 533 Å². The quantitative estimate of drug-likeness (QED) is 0.108.